The summed E-state index contributed by atoms with van der Waals surface area (Å²) in [6, 6.07) is -0.0268. The van der Waals surface area contributed by atoms with E-state index in [4.69, 9.17) is 15.3 Å². The van der Waals surface area contributed by atoms with Crippen molar-refractivity contribution in [2.75, 3.05) is 13.7 Å². The number of ether oxygens (including phenoxy) is 2. The maximum Gasteiger partial charge on any atom is 0.128 e. The fraction of sp³-hybridized carbons (Fsp3) is 0.667. The Labute approximate surface area is 121 Å². The summed E-state index contributed by atoms with van der Waals surface area (Å²) in [4.78, 5) is 4.52. The monoisotopic (exact) mass is 281 g/mol. The molecule has 5 heteroatoms. The molecular weight excluding hydrogens is 254 g/mol. The molecule has 0 radical (unpaired) electrons. The Morgan fingerprint density at radius 3 is 2.55 bits per heavy atom. The number of hydrogen-bond donors (Lipinski definition) is 2. The van der Waals surface area contributed by atoms with E-state index in [-0.39, 0.29) is 11.6 Å². The van der Waals surface area contributed by atoms with Gasteiger partial charge in [0.15, 0.2) is 0 Å². The first-order valence-corrected chi connectivity index (χ1v) is 6.96. The van der Waals surface area contributed by atoms with Gasteiger partial charge in [-0.15, -0.1) is 0 Å². The van der Waals surface area contributed by atoms with Crippen LogP contribution >= 0.6 is 0 Å². The minimum atomic E-state index is -0.365. The zero-order valence-electron chi connectivity index (χ0n) is 13.4. The van der Waals surface area contributed by atoms with E-state index in [1.54, 1.807) is 7.11 Å². The van der Waals surface area contributed by atoms with Crippen LogP contribution in [0.15, 0.2) is 6.20 Å². The lowest BCUT2D eigenvalue weighted by atomic mass is 9.93. The van der Waals surface area contributed by atoms with Crippen LogP contribution in [0.5, 0.6) is 5.75 Å². The molecule has 5 nitrogen and oxygen atoms in total. The molecule has 1 atom stereocenters. The molecule has 0 fully saturated rings. The van der Waals surface area contributed by atoms with Crippen LogP contribution in [-0.2, 0) is 11.2 Å². The van der Waals surface area contributed by atoms with Crippen molar-refractivity contribution in [1.29, 1.82) is 0 Å². The molecule has 1 rings (SSSR count). The zero-order chi connectivity index (χ0) is 15.3. The van der Waals surface area contributed by atoms with Gasteiger partial charge in [-0.1, -0.05) is 0 Å². The Balaban J connectivity index is 3.02. The first kappa shape index (κ1) is 16.9. The molecule has 114 valence electrons. The lowest BCUT2D eigenvalue weighted by Crippen LogP contribution is -2.53. The Hall–Kier alpha value is -1.17. The molecule has 0 aromatic carbocycles. The number of hydrazine groups is 1. The number of nitrogens with one attached hydrogen (secondary N) is 1. The second-order valence-electron chi connectivity index (χ2n) is 5.51. The maximum absolute atomic E-state index is 5.77. The van der Waals surface area contributed by atoms with Gasteiger partial charge in [-0.3, -0.25) is 16.3 Å². The van der Waals surface area contributed by atoms with Crippen LogP contribution in [0.3, 0.4) is 0 Å². The van der Waals surface area contributed by atoms with Crippen molar-refractivity contribution >= 4 is 0 Å². The smallest absolute Gasteiger partial charge is 0.128 e. The maximum atomic E-state index is 5.77. The van der Waals surface area contributed by atoms with Crippen molar-refractivity contribution in [3.8, 4) is 5.75 Å². The molecule has 20 heavy (non-hydrogen) atoms. The Kier molecular flexibility index (Phi) is 5.92. The number of aromatic nitrogens is 1. The molecule has 0 saturated carbocycles. The standard InChI is InChI=1S/C15H27N3O2/c1-7-20-15(4,5)13(18-16)8-12-11(3)14(19-6)10(2)9-17-12/h9,13,18H,7-8,16H2,1-6H3. The minimum absolute atomic E-state index is 0.0268. The van der Waals surface area contributed by atoms with Gasteiger partial charge in [0.1, 0.15) is 5.75 Å². The second kappa shape index (κ2) is 7.02. The Bertz CT molecular complexity index is 447. The quantitative estimate of drug-likeness (QED) is 0.590. The van der Waals surface area contributed by atoms with Crippen LogP contribution < -0.4 is 16.0 Å². The fourth-order valence-corrected chi connectivity index (χ4v) is 2.45. The average molecular weight is 281 g/mol. The van der Waals surface area contributed by atoms with Crippen molar-refractivity contribution in [3.05, 3.63) is 23.0 Å². The van der Waals surface area contributed by atoms with Crippen LogP contribution in [0.25, 0.3) is 0 Å². The highest BCUT2D eigenvalue weighted by atomic mass is 16.5. The van der Waals surface area contributed by atoms with Gasteiger partial charge in [0.25, 0.3) is 0 Å². The number of pyridine rings is 1. The van der Waals surface area contributed by atoms with E-state index >= 15 is 0 Å². The predicted octanol–water partition coefficient (Wildman–Crippen LogP) is 1.90. The summed E-state index contributed by atoms with van der Waals surface area (Å²) in [7, 11) is 1.68. The molecule has 0 saturated heterocycles. The molecule has 1 unspecified atom stereocenters. The molecule has 0 bridgehead atoms. The lowest BCUT2D eigenvalue weighted by molar-refractivity contribution is -0.0383. The molecule has 0 aliphatic heterocycles. The van der Waals surface area contributed by atoms with Crippen LogP contribution in [0.1, 0.15) is 37.6 Å². The van der Waals surface area contributed by atoms with E-state index in [1.165, 1.54) is 0 Å². The number of aryl methyl sites for hydroxylation is 1. The molecule has 3 N–H and O–H groups in total. The van der Waals surface area contributed by atoms with Crippen molar-refractivity contribution in [2.24, 2.45) is 5.84 Å². The highest BCUT2D eigenvalue weighted by molar-refractivity contribution is 5.41. The highest BCUT2D eigenvalue weighted by Crippen LogP contribution is 2.26. The predicted molar refractivity (Wildman–Crippen MR) is 80.8 cm³/mol. The summed E-state index contributed by atoms with van der Waals surface area (Å²) in [5.74, 6) is 6.59. The molecule has 0 amide bonds. The summed E-state index contributed by atoms with van der Waals surface area (Å²) in [6.07, 6.45) is 2.52. The molecule has 0 aliphatic rings. The number of nitrogens with two attached hydrogens (primary N) is 1. The first-order chi connectivity index (χ1) is 9.37. The van der Waals surface area contributed by atoms with Crippen LogP contribution in [-0.4, -0.2) is 30.3 Å². The number of hydrogen-bond acceptors (Lipinski definition) is 5. The number of nitrogens with zero attached hydrogens (tertiary/aromatic N) is 1. The van der Waals surface area contributed by atoms with E-state index < -0.39 is 0 Å². The zero-order valence-corrected chi connectivity index (χ0v) is 13.4. The molecular formula is C15H27N3O2. The van der Waals surface area contributed by atoms with Gasteiger partial charge in [-0.25, -0.2) is 0 Å². The van der Waals surface area contributed by atoms with E-state index in [9.17, 15) is 0 Å². The van der Waals surface area contributed by atoms with Gasteiger partial charge in [-0.05, 0) is 34.6 Å². The number of rotatable bonds is 7. The van der Waals surface area contributed by atoms with Gasteiger partial charge in [0.2, 0.25) is 0 Å². The van der Waals surface area contributed by atoms with E-state index in [2.05, 4.69) is 10.4 Å². The first-order valence-electron chi connectivity index (χ1n) is 6.96. The van der Waals surface area contributed by atoms with Crippen LogP contribution in [0.4, 0.5) is 0 Å². The Morgan fingerprint density at radius 1 is 1.40 bits per heavy atom. The van der Waals surface area contributed by atoms with Gasteiger partial charge >= 0.3 is 0 Å². The van der Waals surface area contributed by atoms with Crippen molar-refractivity contribution < 1.29 is 9.47 Å². The van der Waals surface area contributed by atoms with Gasteiger partial charge in [0, 0.05) is 36.0 Å². The highest BCUT2D eigenvalue weighted by Gasteiger charge is 2.30. The molecule has 0 spiro atoms. The van der Waals surface area contributed by atoms with Crippen molar-refractivity contribution in [1.82, 2.24) is 10.4 Å². The minimum Gasteiger partial charge on any atom is -0.496 e. The van der Waals surface area contributed by atoms with Crippen molar-refractivity contribution in [3.63, 3.8) is 0 Å². The molecule has 1 aromatic heterocycles. The summed E-state index contributed by atoms with van der Waals surface area (Å²) in [6.45, 7) is 10.7. The SMILES string of the molecule is CCOC(C)(C)C(Cc1ncc(C)c(OC)c1C)NN. The lowest BCUT2D eigenvalue weighted by Gasteiger charge is -2.33. The Morgan fingerprint density at radius 2 is 2.05 bits per heavy atom. The summed E-state index contributed by atoms with van der Waals surface area (Å²) in [5, 5.41) is 0. The van der Waals surface area contributed by atoms with Crippen LogP contribution in [0.2, 0.25) is 0 Å². The topological polar surface area (TPSA) is 69.4 Å². The molecule has 1 aromatic rings. The van der Waals surface area contributed by atoms with Gasteiger partial charge in [0.05, 0.1) is 18.8 Å². The van der Waals surface area contributed by atoms with Crippen LogP contribution in [0, 0.1) is 13.8 Å². The third-order valence-corrected chi connectivity index (χ3v) is 3.70. The van der Waals surface area contributed by atoms with Gasteiger partial charge in [-0.2, -0.15) is 0 Å². The van der Waals surface area contributed by atoms with Gasteiger partial charge < -0.3 is 9.47 Å². The average Bonchev–Trinajstić information content (AvgIpc) is 2.38. The third-order valence-electron chi connectivity index (χ3n) is 3.70. The van der Waals surface area contributed by atoms with E-state index in [0.29, 0.717) is 13.0 Å². The summed E-state index contributed by atoms with van der Waals surface area (Å²) < 4.78 is 11.2. The largest absolute Gasteiger partial charge is 0.496 e. The third kappa shape index (κ3) is 3.69. The summed E-state index contributed by atoms with van der Waals surface area (Å²) in [5.41, 5.74) is 5.55. The number of methoxy groups -OCH3 is 1. The summed E-state index contributed by atoms with van der Waals surface area (Å²) >= 11 is 0. The van der Waals surface area contributed by atoms with Crippen molar-refractivity contribution in [2.45, 2.75) is 52.7 Å². The second-order valence-corrected chi connectivity index (χ2v) is 5.51. The van der Waals surface area contributed by atoms with E-state index in [1.807, 2.05) is 40.8 Å². The normalized spacial score (nSPS) is 13.3. The van der Waals surface area contributed by atoms with E-state index in [0.717, 1.165) is 22.6 Å². The molecule has 0 aliphatic carbocycles. The fourth-order valence-electron chi connectivity index (χ4n) is 2.45. The molecule has 1 heterocycles.